The largest absolute Gasteiger partial charge is 0.251 e. The van der Waals surface area contributed by atoms with E-state index in [2.05, 4.69) is 31.2 Å². The van der Waals surface area contributed by atoms with Crippen molar-refractivity contribution in [3.63, 3.8) is 0 Å². The highest BCUT2D eigenvalue weighted by molar-refractivity contribution is 5.26. The van der Waals surface area contributed by atoms with Gasteiger partial charge in [-0.3, -0.25) is 4.39 Å². The molecule has 146 valence electrons. The van der Waals surface area contributed by atoms with Crippen LogP contribution in [0, 0.1) is 17.8 Å². The number of aryl methyl sites for hydroxylation is 1. The summed E-state index contributed by atoms with van der Waals surface area (Å²) in [5.41, 5.74) is 2.92. The average Bonchev–Trinajstić information content (AvgIpc) is 2.70. The van der Waals surface area contributed by atoms with E-state index in [1.807, 2.05) is 0 Å². The Labute approximate surface area is 161 Å². The molecule has 0 aromatic heterocycles. The quantitative estimate of drug-likeness (QED) is 0.415. The molecule has 0 heterocycles. The van der Waals surface area contributed by atoms with Crippen molar-refractivity contribution in [1.82, 2.24) is 0 Å². The predicted octanol–water partition coefficient (Wildman–Crippen LogP) is 7.86. The van der Waals surface area contributed by atoms with Crippen LogP contribution in [0.25, 0.3) is 0 Å². The van der Waals surface area contributed by atoms with Crippen molar-refractivity contribution in [2.75, 3.05) is 6.67 Å². The summed E-state index contributed by atoms with van der Waals surface area (Å²) in [5, 5.41) is 0. The molecule has 3 rings (SSSR count). The fourth-order valence-corrected chi connectivity index (χ4v) is 5.66. The molecule has 2 aliphatic rings. The lowest BCUT2D eigenvalue weighted by atomic mass is 9.68. The van der Waals surface area contributed by atoms with Crippen LogP contribution in [0.1, 0.15) is 101 Å². The Balaban J connectivity index is 1.42. The van der Waals surface area contributed by atoms with Gasteiger partial charge in [-0.2, -0.15) is 0 Å². The van der Waals surface area contributed by atoms with Gasteiger partial charge in [0.15, 0.2) is 0 Å². The number of rotatable bonds is 8. The van der Waals surface area contributed by atoms with Gasteiger partial charge in [0.2, 0.25) is 0 Å². The summed E-state index contributed by atoms with van der Waals surface area (Å²) >= 11 is 0. The number of halogens is 1. The number of hydrogen-bond acceptors (Lipinski definition) is 0. The first-order chi connectivity index (χ1) is 12.8. The van der Waals surface area contributed by atoms with Gasteiger partial charge in [-0.1, -0.05) is 56.9 Å². The van der Waals surface area contributed by atoms with E-state index in [1.165, 1.54) is 69.8 Å². The minimum absolute atomic E-state index is 0.179. The van der Waals surface area contributed by atoms with Gasteiger partial charge in [0.25, 0.3) is 0 Å². The minimum Gasteiger partial charge on any atom is -0.251 e. The van der Waals surface area contributed by atoms with Crippen LogP contribution in [0.2, 0.25) is 0 Å². The molecule has 1 aromatic rings. The van der Waals surface area contributed by atoms with E-state index in [0.29, 0.717) is 6.42 Å². The molecule has 26 heavy (non-hydrogen) atoms. The van der Waals surface area contributed by atoms with Gasteiger partial charge in [0, 0.05) is 0 Å². The monoisotopic (exact) mass is 358 g/mol. The Morgan fingerprint density at radius 3 is 2.00 bits per heavy atom. The highest BCUT2D eigenvalue weighted by Gasteiger charge is 2.30. The Morgan fingerprint density at radius 2 is 1.42 bits per heavy atom. The first-order valence-corrected chi connectivity index (χ1v) is 11.4. The van der Waals surface area contributed by atoms with Crippen molar-refractivity contribution >= 4 is 0 Å². The molecule has 0 spiro atoms. The Kier molecular flexibility index (Phi) is 8.02. The molecule has 2 saturated carbocycles. The van der Waals surface area contributed by atoms with Crippen molar-refractivity contribution in [3.8, 4) is 0 Å². The third-order valence-electron chi connectivity index (χ3n) is 7.33. The maximum Gasteiger partial charge on any atom is 0.0894 e. The van der Waals surface area contributed by atoms with Gasteiger partial charge in [-0.15, -0.1) is 0 Å². The molecule has 0 saturated heterocycles. The van der Waals surface area contributed by atoms with Gasteiger partial charge >= 0.3 is 0 Å². The molecule has 0 unspecified atom stereocenters. The van der Waals surface area contributed by atoms with Gasteiger partial charge in [-0.05, 0) is 92.6 Å². The highest BCUT2D eigenvalue weighted by atomic mass is 19.1. The van der Waals surface area contributed by atoms with Gasteiger partial charge < -0.3 is 0 Å². The zero-order chi connectivity index (χ0) is 18.2. The van der Waals surface area contributed by atoms with Crippen molar-refractivity contribution in [2.24, 2.45) is 17.8 Å². The van der Waals surface area contributed by atoms with Crippen LogP contribution >= 0.6 is 0 Å². The molecule has 0 radical (unpaired) electrons. The Hall–Kier alpha value is -0.850. The van der Waals surface area contributed by atoms with Crippen LogP contribution in [0.3, 0.4) is 0 Å². The highest BCUT2D eigenvalue weighted by Crippen LogP contribution is 2.44. The van der Waals surface area contributed by atoms with Crippen LogP contribution in [0.15, 0.2) is 24.3 Å². The molecule has 1 heteroatoms. The summed E-state index contributed by atoms with van der Waals surface area (Å²) in [6, 6.07) is 9.28. The van der Waals surface area contributed by atoms with Crippen LogP contribution in [0.5, 0.6) is 0 Å². The lowest BCUT2D eigenvalue weighted by molar-refractivity contribution is 0.156. The third-order valence-corrected chi connectivity index (χ3v) is 7.33. The second kappa shape index (κ2) is 10.5. The molecular formula is C25H39F. The average molecular weight is 359 g/mol. The Morgan fingerprint density at radius 1 is 0.808 bits per heavy atom. The van der Waals surface area contributed by atoms with E-state index in [4.69, 9.17) is 0 Å². The molecule has 0 N–H and O–H groups in total. The van der Waals surface area contributed by atoms with Gasteiger partial charge in [-0.25, -0.2) is 0 Å². The molecule has 0 atom stereocenters. The van der Waals surface area contributed by atoms with Crippen molar-refractivity contribution < 1.29 is 4.39 Å². The first-order valence-electron chi connectivity index (χ1n) is 11.4. The lowest BCUT2D eigenvalue weighted by Gasteiger charge is -2.38. The van der Waals surface area contributed by atoms with Gasteiger partial charge in [0.1, 0.15) is 0 Å². The topological polar surface area (TPSA) is 0 Å². The molecule has 0 nitrogen and oxygen atoms in total. The molecule has 2 fully saturated rings. The molecule has 0 bridgehead atoms. The number of alkyl halides is 1. The normalized spacial score (nSPS) is 29.6. The molecular weight excluding hydrogens is 319 g/mol. The molecule has 2 aliphatic carbocycles. The standard InChI is InChI=1S/C25H39F/c1-2-5-20-7-11-22(12-8-20)24-15-17-25(18-16-24)23-13-9-21(10-14-23)6-3-4-19-26/h9-10,13-14,20,22,24-25H,2-8,11-12,15-19H2,1H3/t20-,22-,24?,25?. The van der Waals surface area contributed by atoms with E-state index in [9.17, 15) is 4.39 Å². The zero-order valence-electron chi connectivity index (χ0n) is 16.9. The second-order valence-corrected chi connectivity index (χ2v) is 9.07. The summed E-state index contributed by atoms with van der Waals surface area (Å²) < 4.78 is 12.2. The molecule has 1 aromatic carbocycles. The zero-order valence-corrected chi connectivity index (χ0v) is 16.9. The number of benzene rings is 1. The summed E-state index contributed by atoms with van der Waals surface area (Å²) in [4.78, 5) is 0. The minimum atomic E-state index is -0.179. The van der Waals surface area contributed by atoms with Crippen molar-refractivity contribution in [2.45, 2.75) is 96.3 Å². The van der Waals surface area contributed by atoms with Gasteiger partial charge in [0.05, 0.1) is 6.67 Å². The van der Waals surface area contributed by atoms with Crippen molar-refractivity contribution in [3.05, 3.63) is 35.4 Å². The fraction of sp³-hybridized carbons (Fsp3) is 0.760. The number of hydrogen-bond donors (Lipinski definition) is 0. The first kappa shape index (κ1) is 19.9. The van der Waals surface area contributed by atoms with E-state index in [0.717, 1.165) is 36.5 Å². The van der Waals surface area contributed by atoms with E-state index >= 15 is 0 Å². The second-order valence-electron chi connectivity index (χ2n) is 9.07. The van der Waals surface area contributed by atoms with Crippen LogP contribution in [-0.2, 0) is 6.42 Å². The smallest absolute Gasteiger partial charge is 0.0894 e. The van der Waals surface area contributed by atoms with E-state index in [-0.39, 0.29) is 6.67 Å². The lowest BCUT2D eigenvalue weighted by Crippen LogP contribution is -2.25. The maximum atomic E-state index is 12.2. The summed E-state index contributed by atoms with van der Waals surface area (Å²) in [5.74, 6) is 3.86. The van der Waals surface area contributed by atoms with E-state index < -0.39 is 0 Å². The van der Waals surface area contributed by atoms with Crippen LogP contribution in [-0.4, -0.2) is 6.67 Å². The third kappa shape index (κ3) is 5.57. The summed E-state index contributed by atoms with van der Waals surface area (Å²) in [6.07, 6.45) is 17.2. The number of unbranched alkanes of at least 4 members (excludes halogenated alkanes) is 1. The van der Waals surface area contributed by atoms with Crippen molar-refractivity contribution in [1.29, 1.82) is 0 Å². The fourth-order valence-electron chi connectivity index (χ4n) is 5.66. The van der Waals surface area contributed by atoms with Crippen LogP contribution < -0.4 is 0 Å². The maximum absolute atomic E-state index is 12.2. The SMILES string of the molecule is CCC[C@H]1CC[C@H](C2CCC(c3ccc(CCCCF)cc3)CC2)CC1. The summed E-state index contributed by atoms with van der Waals surface area (Å²) in [7, 11) is 0. The summed E-state index contributed by atoms with van der Waals surface area (Å²) in [6.45, 7) is 2.16. The molecule has 0 amide bonds. The van der Waals surface area contributed by atoms with Crippen LogP contribution in [0.4, 0.5) is 4.39 Å². The van der Waals surface area contributed by atoms with E-state index in [1.54, 1.807) is 5.56 Å². The Bertz CT molecular complexity index is 489. The predicted molar refractivity (Wildman–Crippen MR) is 110 cm³/mol. The molecule has 0 aliphatic heterocycles.